The summed E-state index contributed by atoms with van der Waals surface area (Å²) in [6.45, 7) is 6.46. The topological polar surface area (TPSA) is 298 Å². The van der Waals surface area contributed by atoms with Crippen molar-refractivity contribution in [3.63, 3.8) is 0 Å². The van der Waals surface area contributed by atoms with Crippen molar-refractivity contribution in [2.24, 2.45) is 0 Å². The summed E-state index contributed by atoms with van der Waals surface area (Å²) in [6.07, 6.45) is -18.4. The molecule has 1 fully saturated rings. The van der Waals surface area contributed by atoms with Gasteiger partial charge in [-0.25, -0.2) is 0 Å². The Bertz CT molecular complexity index is 1170. The minimum atomic E-state index is -3.50. The first-order chi connectivity index (χ1) is 26.4. The highest BCUT2D eigenvalue weighted by Gasteiger charge is 2.74. The second-order valence-corrected chi connectivity index (χ2v) is 14.9. The van der Waals surface area contributed by atoms with Crippen LogP contribution in [0.2, 0.25) is 0 Å². The predicted molar refractivity (Wildman–Crippen MR) is 199 cm³/mol. The Kier molecular flexibility index (Phi) is 24.3. The maximum Gasteiger partial charge on any atom is 0.306 e. The van der Waals surface area contributed by atoms with Gasteiger partial charge in [0.15, 0.2) is 35.3 Å². The van der Waals surface area contributed by atoms with E-state index in [0.717, 1.165) is 19.3 Å². The number of ketones is 3. The van der Waals surface area contributed by atoms with E-state index >= 15 is 0 Å². The molecular weight excluding hydrogens is 740 g/mol. The highest BCUT2D eigenvalue weighted by molar-refractivity contribution is 6.01. The molecule has 1 aliphatic rings. The lowest BCUT2D eigenvalue weighted by molar-refractivity contribution is -0.378. The molecule has 0 aromatic rings. The zero-order chi connectivity index (χ0) is 42.6. The number of ether oxygens (including phenoxy) is 3. The fraction of sp³-hybridized carbons (Fsp3) is 0.897. The molecule has 56 heavy (non-hydrogen) atoms. The molecule has 1 saturated heterocycles. The van der Waals surface area contributed by atoms with Gasteiger partial charge in [-0.1, -0.05) is 91.9 Å². The first-order valence-electron chi connectivity index (χ1n) is 20.4. The predicted octanol–water partition coefficient (Wildman–Crippen LogP) is 0.387. The Labute approximate surface area is 330 Å². The van der Waals surface area contributed by atoms with Gasteiger partial charge in [0.2, 0.25) is 11.9 Å². The van der Waals surface area contributed by atoms with Crippen molar-refractivity contribution < 1.29 is 84.5 Å². The molecule has 10 N–H and O–H groups in total. The smallest absolute Gasteiger partial charge is 0.306 e. The number of esters is 1. The van der Waals surface area contributed by atoms with Gasteiger partial charge < -0.3 is 65.3 Å². The van der Waals surface area contributed by atoms with Crippen LogP contribution in [0.3, 0.4) is 0 Å². The first-order valence-corrected chi connectivity index (χ1v) is 20.4. The van der Waals surface area contributed by atoms with E-state index in [9.17, 15) is 65.1 Å². The van der Waals surface area contributed by atoms with E-state index in [1.54, 1.807) is 0 Å². The number of unbranched alkanes of at least 4 members (excludes halogenated alkanes) is 10. The van der Waals surface area contributed by atoms with Crippen LogP contribution in [0.25, 0.3) is 0 Å². The van der Waals surface area contributed by atoms with Crippen LogP contribution >= 0.6 is 0 Å². The van der Waals surface area contributed by atoms with Gasteiger partial charge >= 0.3 is 5.97 Å². The molecule has 0 spiro atoms. The van der Waals surface area contributed by atoms with Gasteiger partial charge in [0.1, 0.15) is 42.7 Å². The average molecular weight is 811 g/mol. The quantitative estimate of drug-likeness (QED) is 0.0257. The fourth-order valence-electron chi connectivity index (χ4n) is 6.75. The van der Waals surface area contributed by atoms with Gasteiger partial charge in [0.25, 0.3) is 0 Å². The van der Waals surface area contributed by atoms with Gasteiger partial charge in [-0.05, 0) is 25.7 Å². The number of Topliss-reactive ketones (excluding diaryl/α,β-unsaturated/α-hetero) is 3. The monoisotopic (exact) mass is 810 g/mol. The Morgan fingerprint density at radius 1 is 0.589 bits per heavy atom. The summed E-state index contributed by atoms with van der Waals surface area (Å²) in [5.41, 5.74) is -6.94. The molecule has 328 valence electrons. The van der Waals surface area contributed by atoms with Crippen LogP contribution in [0.5, 0.6) is 0 Å². The Morgan fingerprint density at radius 2 is 1.04 bits per heavy atom. The highest BCUT2D eigenvalue weighted by Crippen LogP contribution is 2.45. The van der Waals surface area contributed by atoms with Gasteiger partial charge in [0, 0.05) is 25.7 Å². The van der Waals surface area contributed by atoms with E-state index in [1.807, 2.05) is 27.7 Å². The third kappa shape index (κ3) is 13.8. The summed E-state index contributed by atoms with van der Waals surface area (Å²) in [7, 11) is 0. The van der Waals surface area contributed by atoms with E-state index in [0.29, 0.717) is 51.4 Å². The number of aliphatic hydroxyl groups excluding tert-OH is 8. The number of carbonyl (C=O) groups excluding carboxylic acids is 4. The molecule has 0 radical (unpaired) electrons. The van der Waals surface area contributed by atoms with Crippen molar-refractivity contribution in [1.29, 1.82) is 0 Å². The molecule has 17 heteroatoms. The number of hydrogen-bond donors (Lipinski definition) is 10. The molecule has 12 atom stereocenters. The summed E-state index contributed by atoms with van der Waals surface area (Å²) in [5, 5.41) is 108. The largest absolute Gasteiger partial charge is 0.453 e. The molecule has 2 unspecified atom stereocenters. The maximum atomic E-state index is 14.4. The fourth-order valence-corrected chi connectivity index (χ4v) is 6.75. The molecule has 1 aliphatic heterocycles. The van der Waals surface area contributed by atoms with E-state index in [4.69, 9.17) is 19.3 Å². The maximum absolute atomic E-state index is 14.4. The molecule has 17 nitrogen and oxygen atoms in total. The number of hydrogen-bond acceptors (Lipinski definition) is 17. The number of carbonyl (C=O) groups is 4. The van der Waals surface area contributed by atoms with Gasteiger partial charge in [0.05, 0.1) is 6.61 Å². The first kappa shape index (κ1) is 52.0. The van der Waals surface area contributed by atoms with Crippen LogP contribution in [-0.4, -0.2) is 154 Å². The normalized spacial score (nSPS) is 26.4. The van der Waals surface area contributed by atoms with Gasteiger partial charge in [-0.2, -0.15) is 0 Å². The van der Waals surface area contributed by atoms with Gasteiger partial charge in [-0.3, -0.25) is 19.2 Å². The standard InChI is InChI=1S/C39H70O17/c1-5-9-13-14-18-22-28(45)54-35-37(56-36(51)33(50)32(49)31(48)29(46)25(42)23-40)55-34(30(47)24(41)19-15-10-6-2)38(52,26(43)20-16-11-7-3)39(35,53)27(44)21-17-12-8-4/h25,29-37,40,42,46-53H,5-23H2,1-4H3/t25-,29+,30?,31-,32-,33+,34+,35+,36?,37-,38+,39+/m0/s1. The van der Waals surface area contributed by atoms with Crippen LogP contribution in [0.4, 0.5) is 0 Å². The number of aliphatic hydroxyl groups is 10. The van der Waals surface area contributed by atoms with Crippen LogP contribution in [0, 0.1) is 0 Å². The van der Waals surface area contributed by atoms with Crippen molar-refractivity contribution in [3.8, 4) is 0 Å². The van der Waals surface area contributed by atoms with Crippen molar-refractivity contribution in [1.82, 2.24) is 0 Å². The second kappa shape index (κ2) is 26.2. The molecule has 0 aromatic heterocycles. The Balaban J connectivity index is 3.98. The van der Waals surface area contributed by atoms with Crippen molar-refractivity contribution in [2.75, 3.05) is 6.61 Å². The highest BCUT2D eigenvalue weighted by atomic mass is 16.8. The summed E-state index contributed by atoms with van der Waals surface area (Å²) >= 11 is 0. The lowest BCUT2D eigenvalue weighted by atomic mass is 9.64. The van der Waals surface area contributed by atoms with E-state index in [2.05, 4.69) is 0 Å². The van der Waals surface area contributed by atoms with E-state index < -0.39 is 115 Å². The SMILES string of the molecule is CCCCCCCC(=O)O[C@@H]1[C@H](OC(O)[C@H](O)[C@@H](O)[C@@H](O)[C@H](O)[C@@H](O)CO)O[C@H](C(O)C(=O)CCCCC)[C@](O)(C(=O)CCCCC)[C@@]1(O)C(=O)CCCCC. The molecule has 1 rings (SSSR count). The van der Waals surface area contributed by atoms with E-state index in [-0.39, 0.29) is 32.1 Å². The van der Waals surface area contributed by atoms with Crippen molar-refractivity contribution in [3.05, 3.63) is 0 Å². The average Bonchev–Trinajstić information content (AvgIpc) is 3.18. The second-order valence-electron chi connectivity index (χ2n) is 14.9. The molecular formula is C39H70O17. The van der Waals surface area contributed by atoms with Crippen molar-refractivity contribution >= 4 is 23.3 Å². The Morgan fingerprint density at radius 3 is 1.55 bits per heavy atom. The zero-order valence-electron chi connectivity index (χ0n) is 33.5. The van der Waals surface area contributed by atoms with Crippen LogP contribution < -0.4 is 0 Å². The van der Waals surface area contributed by atoms with Gasteiger partial charge in [-0.15, -0.1) is 0 Å². The third-order valence-electron chi connectivity index (χ3n) is 10.4. The van der Waals surface area contributed by atoms with Crippen LogP contribution in [0.1, 0.15) is 143 Å². The molecule has 0 aliphatic carbocycles. The zero-order valence-corrected chi connectivity index (χ0v) is 33.5. The molecule has 0 bridgehead atoms. The third-order valence-corrected chi connectivity index (χ3v) is 10.4. The van der Waals surface area contributed by atoms with Crippen LogP contribution in [0.15, 0.2) is 0 Å². The molecule has 0 saturated carbocycles. The summed E-state index contributed by atoms with van der Waals surface area (Å²) in [4.78, 5) is 55.4. The van der Waals surface area contributed by atoms with Crippen LogP contribution in [-0.2, 0) is 33.4 Å². The summed E-state index contributed by atoms with van der Waals surface area (Å²) in [5.74, 6) is -4.44. The molecule has 1 heterocycles. The minimum absolute atomic E-state index is 0.124. The molecule has 0 aromatic carbocycles. The lowest BCUT2D eigenvalue weighted by Gasteiger charge is -2.55. The van der Waals surface area contributed by atoms with Crippen molar-refractivity contribution in [2.45, 2.75) is 216 Å². The molecule has 0 amide bonds. The number of rotatable bonds is 31. The minimum Gasteiger partial charge on any atom is -0.453 e. The van der Waals surface area contributed by atoms with E-state index in [1.165, 1.54) is 0 Å². The Hall–Kier alpha value is -2.00. The summed E-state index contributed by atoms with van der Waals surface area (Å²) < 4.78 is 16.9. The lowest BCUT2D eigenvalue weighted by Crippen LogP contribution is -2.82. The summed E-state index contributed by atoms with van der Waals surface area (Å²) in [6, 6.07) is 0.